The highest BCUT2D eigenvalue weighted by atomic mass is 79.9. The van der Waals surface area contributed by atoms with Gasteiger partial charge in [0.1, 0.15) is 5.82 Å². The minimum Gasteiger partial charge on any atom is -0.465 e. The minimum absolute atomic E-state index is 0.375. The number of esters is 1. The molecule has 0 bridgehead atoms. The highest BCUT2D eigenvalue weighted by Gasteiger charge is 2.13. The standard InChI is InChI=1S/C18H23BrN4O2/c1-5-12(6-2)21-16-11(3)10-20-18(23-16)22-13-7-8-15(19)14(9-13)17(24)25-4/h7-10,12H,5-6H2,1-4H3,(H2,20,21,22,23). The maximum atomic E-state index is 11.8. The van der Waals surface area contributed by atoms with E-state index < -0.39 is 5.97 Å². The molecular weight excluding hydrogens is 384 g/mol. The van der Waals surface area contributed by atoms with Crippen molar-refractivity contribution in [3.05, 3.63) is 40.0 Å². The van der Waals surface area contributed by atoms with E-state index in [0.29, 0.717) is 27.7 Å². The average Bonchev–Trinajstić information content (AvgIpc) is 2.63. The second-order valence-electron chi connectivity index (χ2n) is 5.69. The zero-order valence-corrected chi connectivity index (χ0v) is 16.5. The van der Waals surface area contributed by atoms with Crippen LogP contribution in [0.5, 0.6) is 0 Å². The second kappa shape index (κ2) is 8.80. The molecule has 0 aliphatic rings. The average molecular weight is 407 g/mol. The number of rotatable bonds is 7. The van der Waals surface area contributed by atoms with Crippen molar-refractivity contribution in [3.8, 4) is 0 Å². The number of carbonyl (C=O) groups is 1. The number of hydrogen-bond donors (Lipinski definition) is 2. The first kappa shape index (κ1) is 19.2. The Morgan fingerprint density at radius 3 is 2.68 bits per heavy atom. The maximum absolute atomic E-state index is 11.8. The summed E-state index contributed by atoms with van der Waals surface area (Å²) in [4.78, 5) is 20.7. The van der Waals surface area contributed by atoms with Gasteiger partial charge < -0.3 is 15.4 Å². The highest BCUT2D eigenvalue weighted by molar-refractivity contribution is 9.10. The van der Waals surface area contributed by atoms with Crippen LogP contribution in [-0.2, 0) is 4.74 Å². The van der Waals surface area contributed by atoms with Crippen LogP contribution in [0.2, 0.25) is 0 Å². The number of aryl methyl sites for hydroxylation is 1. The highest BCUT2D eigenvalue weighted by Crippen LogP contribution is 2.24. The Bertz CT molecular complexity index is 748. The summed E-state index contributed by atoms with van der Waals surface area (Å²) >= 11 is 3.35. The number of aromatic nitrogens is 2. The Hall–Kier alpha value is -2.15. The quantitative estimate of drug-likeness (QED) is 0.650. The molecule has 0 aliphatic heterocycles. The van der Waals surface area contributed by atoms with E-state index in [1.165, 1.54) is 7.11 Å². The van der Waals surface area contributed by atoms with E-state index in [-0.39, 0.29) is 0 Å². The molecule has 25 heavy (non-hydrogen) atoms. The maximum Gasteiger partial charge on any atom is 0.339 e. The van der Waals surface area contributed by atoms with Crippen molar-refractivity contribution in [1.29, 1.82) is 0 Å². The Morgan fingerprint density at radius 1 is 1.32 bits per heavy atom. The molecule has 6 nitrogen and oxygen atoms in total. The van der Waals surface area contributed by atoms with Crippen LogP contribution in [-0.4, -0.2) is 29.1 Å². The van der Waals surface area contributed by atoms with Crippen LogP contribution in [0.4, 0.5) is 17.5 Å². The number of anilines is 3. The van der Waals surface area contributed by atoms with Gasteiger partial charge in [0.25, 0.3) is 0 Å². The van der Waals surface area contributed by atoms with Crippen LogP contribution < -0.4 is 10.6 Å². The van der Waals surface area contributed by atoms with Gasteiger partial charge in [0.05, 0.1) is 12.7 Å². The van der Waals surface area contributed by atoms with Crippen LogP contribution in [0, 0.1) is 6.92 Å². The SMILES string of the molecule is CCC(CC)Nc1nc(Nc2ccc(Br)c(C(=O)OC)c2)ncc1C. The summed E-state index contributed by atoms with van der Waals surface area (Å²) in [6.07, 6.45) is 3.83. The number of ether oxygens (including phenoxy) is 1. The molecule has 2 aromatic rings. The molecule has 0 amide bonds. The lowest BCUT2D eigenvalue weighted by atomic mass is 10.1. The molecule has 0 radical (unpaired) electrons. The molecule has 0 atom stereocenters. The summed E-state index contributed by atoms with van der Waals surface area (Å²) in [5.41, 5.74) is 2.14. The Kier molecular flexibility index (Phi) is 6.75. The molecule has 0 unspecified atom stereocenters. The van der Waals surface area contributed by atoms with Crippen molar-refractivity contribution in [2.75, 3.05) is 17.7 Å². The number of halogens is 1. The van der Waals surface area contributed by atoms with E-state index in [0.717, 1.165) is 24.2 Å². The first-order chi connectivity index (χ1) is 12.0. The lowest BCUT2D eigenvalue weighted by Gasteiger charge is -2.17. The van der Waals surface area contributed by atoms with E-state index in [2.05, 4.69) is 50.4 Å². The Balaban J connectivity index is 2.24. The van der Waals surface area contributed by atoms with Crippen LogP contribution in [0.1, 0.15) is 42.6 Å². The van der Waals surface area contributed by atoms with Crippen molar-refractivity contribution in [3.63, 3.8) is 0 Å². The van der Waals surface area contributed by atoms with Crippen molar-refractivity contribution < 1.29 is 9.53 Å². The Morgan fingerprint density at radius 2 is 2.04 bits per heavy atom. The molecule has 0 fully saturated rings. The smallest absolute Gasteiger partial charge is 0.339 e. The first-order valence-electron chi connectivity index (χ1n) is 8.23. The lowest BCUT2D eigenvalue weighted by Crippen LogP contribution is -2.19. The summed E-state index contributed by atoms with van der Waals surface area (Å²) < 4.78 is 5.46. The first-order valence-corrected chi connectivity index (χ1v) is 9.02. The van der Waals surface area contributed by atoms with Gasteiger partial charge in [-0.2, -0.15) is 4.98 Å². The summed E-state index contributed by atoms with van der Waals surface area (Å²) in [6, 6.07) is 5.70. The monoisotopic (exact) mass is 406 g/mol. The van der Waals surface area contributed by atoms with Gasteiger partial charge in [-0.3, -0.25) is 0 Å². The molecule has 0 saturated heterocycles. The molecule has 0 saturated carbocycles. The summed E-state index contributed by atoms with van der Waals surface area (Å²) in [5, 5.41) is 6.58. The van der Waals surface area contributed by atoms with Crippen LogP contribution >= 0.6 is 15.9 Å². The van der Waals surface area contributed by atoms with Gasteiger partial charge in [-0.1, -0.05) is 13.8 Å². The van der Waals surface area contributed by atoms with Crippen LogP contribution in [0.25, 0.3) is 0 Å². The summed E-state index contributed by atoms with van der Waals surface area (Å²) in [5.74, 6) is 0.880. The summed E-state index contributed by atoms with van der Waals surface area (Å²) in [6.45, 7) is 6.27. The van der Waals surface area contributed by atoms with E-state index >= 15 is 0 Å². The predicted octanol–water partition coefficient (Wildman–Crippen LogP) is 4.68. The molecule has 2 N–H and O–H groups in total. The summed E-state index contributed by atoms with van der Waals surface area (Å²) in [7, 11) is 1.35. The van der Waals surface area contributed by atoms with Gasteiger partial charge in [0.15, 0.2) is 0 Å². The zero-order chi connectivity index (χ0) is 18.4. The van der Waals surface area contributed by atoms with Gasteiger partial charge in [-0.25, -0.2) is 9.78 Å². The third kappa shape index (κ3) is 4.92. The molecule has 7 heteroatoms. The number of hydrogen-bond acceptors (Lipinski definition) is 6. The van der Waals surface area contributed by atoms with Gasteiger partial charge in [0.2, 0.25) is 5.95 Å². The largest absolute Gasteiger partial charge is 0.465 e. The topological polar surface area (TPSA) is 76.1 Å². The number of nitrogens with one attached hydrogen (secondary N) is 2. The molecule has 0 spiro atoms. The third-order valence-corrected chi connectivity index (χ3v) is 4.62. The fourth-order valence-electron chi connectivity index (χ4n) is 2.33. The van der Waals surface area contributed by atoms with Gasteiger partial charge in [-0.05, 0) is 53.9 Å². The Labute approximate surface area is 156 Å². The molecule has 1 aromatic carbocycles. The van der Waals surface area contributed by atoms with Crippen molar-refractivity contribution in [2.45, 2.75) is 39.7 Å². The lowest BCUT2D eigenvalue weighted by molar-refractivity contribution is 0.0599. The predicted molar refractivity (Wildman–Crippen MR) is 104 cm³/mol. The van der Waals surface area contributed by atoms with Crippen molar-refractivity contribution >= 4 is 39.4 Å². The fourth-order valence-corrected chi connectivity index (χ4v) is 2.74. The molecular formula is C18H23BrN4O2. The number of nitrogens with zero attached hydrogens (tertiary/aromatic N) is 2. The molecule has 134 valence electrons. The van der Waals surface area contributed by atoms with Crippen molar-refractivity contribution in [2.24, 2.45) is 0 Å². The fraction of sp³-hybridized carbons (Fsp3) is 0.389. The van der Waals surface area contributed by atoms with E-state index in [4.69, 9.17) is 4.74 Å². The van der Waals surface area contributed by atoms with Crippen LogP contribution in [0.15, 0.2) is 28.9 Å². The van der Waals surface area contributed by atoms with Crippen molar-refractivity contribution in [1.82, 2.24) is 9.97 Å². The number of benzene rings is 1. The number of carbonyl (C=O) groups excluding carboxylic acids is 1. The molecule has 0 aliphatic carbocycles. The van der Waals surface area contributed by atoms with Gasteiger partial charge in [0, 0.05) is 28.0 Å². The molecule has 2 rings (SSSR count). The minimum atomic E-state index is -0.406. The van der Waals surface area contributed by atoms with E-state index in [9.17, 15) is 4.79 Å². The third-order valence-electron chi connectivity index (χ3n) is 3.93. The van der Waals surface area contributed by atoms with Gasteiger partial charge >= 0.3 is 5.97 Å². The second-order valence-corrected chi connectivity index (χ2v) is 6.55. The van der Waals surface area contributed by atoms with Gasteiger partial charge in [-0.15, -0.1) is 0 Å². The number of methoxy groups -OCH3 is 1. The molecule has 1 aromatic heterocycles. The van der Waals surface area contributed by atoms with E-state index in [1.807, 2.05) is 13.0 Å². The van der Waals surface area contributed by atoms with Crippen LogP contribution in [0.3, 0.4) is 0 Å². The molecule has 1 heterocycles. The van der Waals surface area contributed by atoms with E-state index in [1.54, 1.807) is 18.3 Å². The normalized spacial score (nSPS) is 10.6. The zero-order valence-electron chi connectivity index (χ0n) is 14.9.